The number of nitrogens with one attached hydrogen (secondary N) is 1. The first-order chi connectivity index (χ1) is 7.17. The molecule has 1 aromatic rings. The molecule has 0 aromatic carbocycles. The summed E-state index contributed by atoms with van der Waals surface area (Å²) >= 11 is 5.52. The maximum absolute atomic E-state index is 4.34. The van der Waals surface area contributed by atoms with Gasteiger partial charge in [0.1, 0.15) is 5.82 Å². The third-order valence-electron chi connectivity index (χ3n) is 2.90. The van der Waals surface area contributed by atoms with Gasteiger partial charge in [-0.15, -0.1) is 0 Å². The molecular weight excluding hydrogens is 272 g/mol. The standard InChI is InChI=1S/C11H15BrN2S/c1-8-3-6-13-10(9(8)12)14-7-11(15-2)4-5-11/h3,6H,4-5,7H2,1-2H3,(H,13,14). The zero-order chi connectivity index (χ0) is 10.9. The molecule has 0 saturated heterocycles. The molecule has 1 N–H and O–H groups in total. The average molecular weight is 287 g/mol. The first-order valence-corrected chi connectivity index (χ1v) is 7.09. The molecule has 0 atom stereocenters. The van der Waals surface area contributed by atoms with Gasteiger partial charge in [-0.2, -0.15) is 11.8 Å². The van der Waals surface area contributed by atoms with Crippen LogP contribution in [0.2, 0.25) is 0 Å². The second-order valence-electron chi connectivity index (χ2n) is 4.03. The number of halogens is 1. The van der Waals surface area contributed by atoms with Gasteiger partial charge in [-0.3, -0.25) is 0 Å². The van der Waals surface area contributed by atoms with Crippen molar-refractivity contribution in [2.75, 3.05) is 18.1 Å². The summed E-state index contributed by atoms with van der Waals surface area (Å²) in [6.07, 6.45) is 6.68. The molecule has 2 rings (SSSR count). The number of aryl methyl sites for hydroxylation is 1. The summed E-state index contributed by atoms with van der Waals surface area (Å²) in [6.45, 7) is 3.10. The molecular formula is C11H15BrN2S. The fourth-order valence-electron chi connectivity index (χ4n) is 1.50. The number of rotatable bonds is 4. The molecule has 0 bridgehead atoms. The Labute approximate surface area is 103 Å². The van der Waals surface area contributed by atoms with Gasteiger partial charge in [-0.25, -0.2) is 4.98 Å². The van der Waals surface area contributed by atoms with E-state index in [2.05, 4.69) is 39.4 Å². The zero-order valence-corrected chi connectivity index (χ0v) is 11.4. The van der Waals surface area contributed by atoms with Crippen LogP contribution in [0, 0.1) is 6.92 Å². The molecule has 0 spiro atoms. The number of nitrogens with zero attached hydrogens (tertiary/aromatic N) is 1. The van der Waals surface area contributed by atoms with Crippen LogP contribution in [-0.2, 0) is 0 Å². The summed E-state index contributed by atoms with van der Waals surface area (Å²) in [4.78, 5) is 4.34. The number of hydrogen-bond donors (Lipinski definition) is 1. The van der Waals surface area contributed by atoms with Crippen LogP contribution in [0.4, 0.5) is 5.82 Å². The van der Waals surface area contributed by atoms with Gasteiger partial charge >= 0.3 is 0 Å². The highest BCUT2D eigenvalue weighted by molar-refractivity contribution is 9.10. The van der Waals surface area contributed by atoms with Gasteiger partial charge in [-0.05, 0) is 53.6 Å². The number of aromatic nitrogens is 1. The van der Waals surface area contributed by atoms with Crippen molar-refractivity contribution in [3.63, 3.8) is 0 Å². The van der Waals surface area contributed by atoms with Gasteiger partial charge in [0.2, 0.25) is 0 Å². The van der Waals surface area contributed by atoms with Crippen LogP contribution >= 0.6 is 27.7 Å². The Morgan fingerprint density at radius 1 is 1.60 bits per heavy atom. The fourth-order valence-corrected chi connectivity index (χ4v) is 2.60. The van der Waals surface area contributed by atoms with Crippen molar-refractivity contribution >= 4 is 33.5 Å². The largest absolute Gasteiger partial charge is 0.368 e. The van der Waals surface area contributed by atoms with E-state index in [1.54, 1.807) is 0 Å². The topological polar surface area (TPSA) is 24.9 Å². The van der Waals surface area contributed by atoms with Crippen molar-refractivity contribution in [3.8, 4) is 0 Å². The van der Waals surface area contributed by atoms with Gasteiger partial charge in [-0.1, -0.05) is 0 Å². The Balaban J connectivity index is 2.02. The van der Waals surface area contributed by atoms with E-state index in [9.17, 15) is 0 Å². The Morgan fingerprint density at radius 2 is 2.33 bits per heavy atom. The lowest BCUT2D eigenvalue weighted by Crippen LogP contribution is -2.18. The fraction of sp³-hybridized carbons (Fsp3) is 0.545. The molecule has 15 heavy (non-hydrogen) atoms. The van der Waals surface area contributed by atoms with Crippen molar-refractivity contribution in [1.82, 2.24) is 4.98 Å². The van der Waals surface area contributed by atoms with Gasteiger partial charge < -0.3 is 5.32 Å². The summed E-state index contributed by atoms with van der Waals surface area (Å²) in [5.74, 6) is 0.968. The van der Waals surface area contributed by atoms with E-state index in [1.165, 1.54) is 18.4 Å². The van der Waals surface area contributed by atoms with Crippen molar-refractivity contribution in [2.24, 2.45) is 0 Å². The minimum Gasteiger partial charge on any atom is -0.368 e. The maximum Gasteiger partial charge on any atom is 0.140 e. The quantitative estimate of drug-likeness (QED) is 0.918. The average Bonchev–Trinajstić information content (AvgIpc) is 3.01. The van der Waals surface area contributed by atoms with E-state index in [4.69, 9.17) is 0 Å². The smallest absolute Gasteiger partial charge is 0.140 e. The Bertz CT molecular complexity index is 364. The van der Waals surface area contributed by atoms with Crippen molar-refractivity contribution < 1.29 is 0 Å². The second kappa shape index (κ2) is 4.34. The normalized spacial score (nSPS) is 17.5. The minimum atomic E-state index is 0.477. The van der Waals surface area contributed by atoms with E-state index in [1.807, 2.05) is 24.0 Å². The molecule has 0 unspecified atom stereocenters. The van der Waals surface area contributed by atoms with Gasteiger partial charge in [0.25, 0.3) is 0 Å². The van der Waals surface area contributed by atoms with E-state index in [0.717, 1.165) is 16.8 Å². The Hall–Kier alpha value is -0.220. The second-order valence-corrected chi connectivity index (χ2v) is 6.10. The van der Waals surface area contributed by atoms with E-state index < -0.39 is 0 Å². The molecule has 1 saturated carbocycles. The lowest BCUT2D eigenvalue weighted by molar-refractivity contribution is 0.938. The Morgan fingerprint density at radius 3 is 2.93 bits per heavy atom. The van der Waals surface area contributed by atoms with Crippen LogP contribution in [0.3, 0.4) is 0 Å². The highest BCUT2D eigenvalue weighted by Gasteiger charge is 2.41. The third-order valence-corrected chi connectivity index (χ3v) is 5.32. The molecule has 82 valence electrons. The third kappa shape index (κ3) is 2.48. The molecule has 0 radical (unpaired) electrons. The molecule has 0 amide bonds. The van der Waals surface area contributed by atoms with Crippen molar-refractivity contribution in [2.45, 2.75) is 24.5 Å². The highest BCUT2D eigenvalue weighted by Crippen LogP contribution is 2.47. The monoisotopic (exact) mass is 286 g/mol. The Kier molecular flexibility index (Phi) is 3.26. The number of anilines is 1. The summed E-state index contributed by atoms with van der Waals surface area (Å²) in [5.41, 5.74) is 1.22. The number of hydrogen-bond acceptors (Lipinski definition) is 3. The van der Waals surface area contributed by atoms with E-state index >= 15 is 0 Å². The van der Waals surface area contributed by atoms with Crippen molar-refractivity contribution in [3.05, 3.63) is 22.3 Å². The predicted molar refractivity (Wildman–Crippen MR) is 70.6 cm³/mol. The van der Waals surface area contributed by atoms with Crippen LogP contribution in [-0.4, -0.2) is 22.5 Å². The van der Waals surface area contributed by atoms with Gasteiger partial charge in [0.15, 0.2) is 0 Å². The van der Waals surface area contributed by atoms with Crippen LogP contribution in [0.25, 0.3) is 0 Å². The number of thioether (sulfide) groups is 1. The van der Waals surface area contributed by atoms with E-state index in [-0.39, 0.29) is 0 Å². The molecule has 1 fully saturated rings. The van der Waals surface area contributed by atoms with E-state index in [0.29, 0.717) is 4.75 Å². The van der Waals surface area contributed by atoms with Crippen LogP contribution in [0.15, 0.2) is 16.7 Å². The van der Waals surface area contributed by atoms with Crippen LogP contribution in [0.1, 0.15) is 18.4 Å². The number of pyridine rings is 1. The lowest BCUT2D eigenvalue weighted by atomic mass is 10.3. The summed E-state index contributed by atoms with van der Waals surface area (Å²) in [6, 6.07) is 2.01. The molecule has 1 heterocycles. The van der Waals surface area contributed by atoms with Crippen molar-refractivity contribution in [1.29, 1.82) is 0 Å². The first kappa shape index (κ1) is 11.3. The molecule has 1 aromatic heterocycles. The van der Waals surface area contributed by atoms with Crippen LogP contribution in [0.5, 0.6) is 0 Å². The lowest BCUT2D eigenvalue weighted by Gasteiger charge is -2.14. The summed E-state index contributed by atoms with van der Waals surface area (Å²) in [5, 5.41) is 3.43. The zero-order valence-electron chi connectivity index (χ0n) is 9.01. The van der Waals surface area contributed by atoms with Crippen LogP contribution < -0.4 is 5.32 Å². The molecule has 0 aliphatic heterocycles. The molecule has 2 nitrogen and oxygen atoms in total. The SMILES string of the molecule is CSC1(CNc2nccc(C)c2Br)CC1. The maximum atomic E-state index is 4.34. The molecule has 1 aliphatic rings. The highest BCUT2D eigenvalue weighted by atomic mass is 79.9. The molecule has 4 heteroatoms. The summed E-state index contributed by atoms with van der Waals surface area (Å²) < 4.78 is 1.56. The minimum absolute atomic E-state index is 0.477. The summed E-state index contributed by atoms with van der Waals surface area (Å²) in [7, 11) is 0. The molecule has 1 aliphatic carbocycles. The first-order valence-electron chi connectivity index (χ1n) is 5.07. The van der Waals surface area contributed by atoms with Gasteiger partial charge in [0.05, 0.1) is 4.47 Å². The van der Waals surface area contributed by atoms with Gasteiger partial charge in [0, 0.05) is 17.5 Å². The predicted octanol–water partition coefficient (Wildman–Crippen LogP) is 3.46.